The van der Waals surface area contributed by atoms with Crippen LogP contribution < -0.4 is 10.1 Å². The van der Waals surface area contributed by atoms with Crippen LogP contribution in [0, 0.1) is 0 Å². The molecule has 17 heavy (non-hydrogen) atoms. The SMILES string of the molecule is CCC[NH2+]c1ccc(OC)cc1C(C)(C)CC. The van der Waals surface area contributed by atoms with E-state index in [1.807, 2.05) is 0 Å². The summed E-state index contributed by atoms with van der Waals surface area (Å²) < 4.78 is 5.34. The number of quaternary nitrogens is 1. The summed E-state index contributed by atoms with van der Waals surface area (Å²) in [5, 5.41) is 2.34. The Hall–Kier alpha value is -1.02. The molecule has 0 amide bonds. The number of methoxy groups -OCH3 is 1. The van der Waals surface area contributed by atoms with Crippen LogP contribution in [0.2, 0.25) is 0 Å². The van der Waals surface area contributed by atoms with Crippen LogP contribution in [0.15, 0.2) is 18.2 Å². The van der Waals surface area contributed by atoms with E-state index in [0.717, 1.165) is 18.7 Å². The molecule has 0 bridgehead atoms. The Bertz CT molecular complexity index is 358. The first-order chi connectivity index (χ1) is 8.05. The maximum Gasteiger partial charge on any atom is 0.133 e. The second kappa shape index (κ2) is 6.06. The second-order valence-corrected chi connectivity index (χ2v) is 5.18. The fraction of sp³-hybridized carbons (Fsp3) is 0.600. The second-order valence-electron chi connectivity index (χ2n) is 5.18. The highest BCUT2D eigenvalue weighted by atomic mass is 16.5. The molecule has 2 N–H and O–H groups in total. The Morgan fingerprint density at radius 1 is 1.24 bits per heavy atom. The molecule has 0 atom stereocenters. The molecule has 2 heteroatoms. The van der Waals surface area contributed by atoms with Crippen molar-refractivity contribution in [2.45, 2.75) is 46.0 Å². The zero-order chi connectivity index (χ0) is 12.9. The van der Waals surface area contributed by atoms with Crippen LogP contribution in [-0.2, 0) is 5.41 Å². The lowest BCUT2D eigenvalue weighted by atomic mass is 9.81. The van der Waals surface area contributed by atoms with Crippen molar-refractivity contribution in [2.75, 3.05) is 13.7 Å². The summed E-state index contributed by atoms with van der Waals surface area (Å²) in [7, 11) is 1.73. The average Bonchev–Trinajstić information content (AvgIpc) is 2.36. The monoisotopic (exact) mass is 236 g/mol. The predicted octanol–water partition coefficient (Wildman–Crippen LogP) is 2.99. The third-order valence-corrected chi connectivity index (χ3v) is 3.53. The summed E-state index contributed by atoms with van der Waals surface area (Å²) in [6.45, 7) is 10.2. The van der Waals surface area contributed by atoms with E-state index in [4.69, 9.17) is 4.74 Å². The first kappa shape index (κ1) is 14.0. The van der Waals surface area contributed by atoms with Crippen molar-refractivity contribution in [1.29, 1.82) is 0 Å². The molecule has 0 radical (unpaired) electrons. The molecule has 0 fully saturated rings. The highest BCUT2D eigenvalue weighted by Gasteiger charge is 2.24. The Morgan fingerprint density at radius 2 is 1.94 bits per heavy atom. The van der Waals surface area contributed by atoms with Crippen LogP contribution in [-0.4, -0.2) is 13.7 Å². The van der Waals surface area contributed by atoms with Gasteiger partial charge < -0.3 is 10.1 Å². The molecule has 0 saturated carbocycles. The highest BCUT2D eigenvalue weighted by molar-refractivity contribution is 5.48. The fourth-order valence-electron chi connectivity index (χ4n) is 1.92. The van der Waals surface area contributed by atoms with Crippen molar-refractivity contribution in [2.24, 2.45) is 0 Å². The summed E-state index contributed by atoms with van der Waals surface area (Å²) in [5.41, 5.74) is 2.96. The number of ether oxygens (including phenoxy) is 1. The van der Waals surface area contributed by atoms with E-state index >= 15 is 0 Å². The zero-order valence-electron chi connectivity index (χ0n) is 11.8. The van der Waals surface area contributed by atoms with E-state index in [-0.39, 0.29) is 5.41 Å². The molecule has 1 aromatic carbocycles. The molecule has 0 unspecified atom stereocenters. The van der Waals surface area contributed by atoms with Crippen molar-refractivity contribution in [3.8, 4) is 5.75 Å². The van der Waals surface area contributed by atoms with E-state index in [1.54, 1.807) is 7.11 Å². The maximum absolute atomic E-state index is 5.34. The normalized spacial score (nSPS) is 11.6. The summed E-state index contributed by atoms with van der Waals surface area (Å²) in [4.78, 5) is 0. The number of rotatable bonds is 6. The van der Waals surface area contributed by atoms with Gasteiger partial charge in [-0.1, -0.05) is 27.7 Å². The van der Waals surface area contributed by atoms with Gasteiger partial charge in [0.05, 0.1) is 13.7 Å². The predicted molar refractivity (Wildman–Crippen MR) is 73.1 cm³/mol. The minimum atomic E-state index is 0.202. The van der Waals surface area contributed by atoms with Crippen molar-refractivity contribution in [3.63, 3.8) is 0 Å². The third kappa shape index (κ3) is 3.47. The average molecular weight is 236 g/mol. The molecule has 2 nitrogen and oxygen atoms in total. The van der Waals surface area contributed by atoms with Gasteiger partial charge in [-0.25, -0.2) is 0 Å². The van der Waals surface area contributed by atoms with Gasteiger partial charge in [0.15, 0.2) is 0 Å². The van der Waals surface area contributed by atoms with Crippen molar-refractivity contribution in [3.05, 3.63) is 23.8 Å². The quantitative estimate of drug-likeness (QED) is 0.755. The maximum atomic E-state index is 5.34. The molecular weight excluding hydrogens is 210 g/mol. The zero-order valence-corrected chi connectivity index (χ0v) is 11.8. The molecule has 0 aromatic heterocycles. The molecule has 0 spiro atoms. The topological polar surface area (TPSA) is 25.8 Å². The molecule has 0 heterocycles. The molecular formula is C15H26NO+. The lowest BCUT2D eigenvalue weighted by Crippen LogP contribution is -2.78. The van der Waals surface area contributed by atoms with Crippen molar-refractivity contribution < 1.29 is 10.1 Å². The van der Waals surface area contributed by atoms with Gasteiger partial charge in [-0.15, -0.1) is 0 Å². The van der Waals surface area contributed by atoms with E-state index in [0.29, 0.717) is 0 Å². The van der Waals surface area contributed by atoms with Gasteiger partial charge in [0.25, 0.3) is 0 Å². The number of nitrogens with two attached hydrogens (primary N) is 1. The van der Waals surface area contributed by atoms with Gasteiger partial charge in [-0.05, 0) is 30.4 Å². The van der Waals surface area contributed by atoms with Crippen LogP contribution >= 0.6 is 0 Å². The lowest BCUT2D eigenvalue weighted by Gasteiger charge is -2.25. The standard InChI is InChI=1S/C15H25NO/c1-6-10-16-14-9-8-12(17-5)11-13(14)15(3,4)7-2/h8-9,11,16H,6-7,10H2,1-5H3/p+1. The Kier molecular flexibility index (Phi) is 5.01. The fourth-order valence-corrected chi connectivity index (χ4v) is 1.92. The summed E-state index contributed by atoms with van der Waals surface area (Å²) in [5.74, 6) is 0.954. The highest BCUT2D eigenvalue weighted by Crippen LogP contribution is 2.33. The molecule has 0 aliphatic rings. The van der Waals surface area contributed by atoms with Crippen LogP contribution in [0.4, 0.5) is 5.69 Å². The summed E-state index contributed by atoms with van der Waals surface area (Å²) in [6.07, 6.45) is 2.32. The van der Waals surface area contributed by atoms with Gasteiger partial charge in [-0.2, -0.15) is 0 Å². The molecule has 1 aromatic rings. The third-order valence-electron chi connectivity index (χ3n) is 3.53. The van der Waals surface area contributed by atoms with E-state index < -0.39 is 0 Å². The molecule has 1 rings (SSSR count). The summed E-state index contributed by atoms with van der Waals surface area (Å²) >= 11 is 0. The Balaban J connectivity index is 3.11. The molecule has 0 aliphatic carbocycles. The lowest BCUT2D eigenvalue weighted by molar-refractivity contribution is -0.572. The summed E-state index contributed by atoms with van der Waals surface area (Å²) in [6, 6.07) is 6.42. The van der Waals surface area contributed by atoms with Gasteiger partial charge in [0.1, 0.15) is 11.4 Å². The first-order valence-corrected chi connectivity index (χ1v) is 6.57. The molecule has 96 valence electrons. The van der Waals surface area contributed by atoms with E-state index in [9.17, 15) is 0 Å². The van der Waals surface area contributed by atoms with E-state index in [1.165, 1.54) is 17.7 Å². The number of benzene rings is 1. The number of hydrogen-bond donors (Lipinski definition) is 1. The first-order valence-electron chi connectivity index (χ1n) is 6.57. The molecule has 0 saturated heterocycles. The Labute approximate surface area is 105 Å². The molecule has 0 aliphatic heterocycles. The minimum absolute atomic E-state index is 0.202. The smallest absolute Gasteiger partial charge is 0.133 e. The largest absolute Gasteiger partial charge is 0.497 e. The van der Waals surface area contributed by atoms with Crippen LogP contribution in [0.5, 0.6) is 5.75 Å². The van der Waals surface area contributed by atoms with Crippen LogP contribution in [0.1, 0.15) is 46.1 Å². The Morgan fingerprint density at radius 3 is 2.47 bits per heavy atom. The van der Waals surface area contributed by atoms with Crippen molar-refractivity contribution >= 4 is 5.69 Å². The van der Waals surface area contributed by atoms with Gasteiger partial charge in [-0.3, -0.25) is 0 Å². The van der Waals surface area contributed by atoms with Crippen LogP contribution in [0.25, 0.3) is 0 Å². The van der Waals surface area contributed by atoms with Gasteiger partial charge >= 0.3 is 0 Å². The van der Waals surface area contributed by atoms with Gasteiger partial charge in [0.2, 0.25) is 0 Å². The number of hydrogen-bond acceptors (Lipinski definition) is 1. The van der Waals surface area contributed by atoms with E-state index in [2.05, 4.69) is 51.2 Å². The van der Waals surface area contributed by atoms with Crippen LogP contribution in [0.3, 0.4) is 0 Å². The minimum Gasteiger partial charge on any atom is -0.497 e. The van der Waals surface area contributed by atoms with Crippen molar-refractivity contribution in [1.82, 2.24) is 0 Å². The van der Waals surface area contributed by atoms with Gasteiger partial charge in [0, 0.05) is 11.6 Å².